The molecule has 0 fully saturated rings. The van der Waals surface area contributed by atoms with Crippen LogP contribution in [0.3, 0.4) is 0 Å². The van der Waals surface area contributed by atoms with Crippen LogP contribution in [-0.4, -0.2) is 44.7 Å². The predicted octanol–water partition coefficient (Wildman–Crippen LogP) is 1.95. The Morgan fingerprint density at radius 2 is 2.24 bits per heavy atom. The summed E-state index contributed by atoms with van der Waals surface area (Å²) in [5, 5.41) is 13.8. The Kier molecular flexibility index (Phi) is 7.10. The Labute approximate surface area is 131 Å². The van der Waals surface area contributed by atoms with E-state index in [1.807, 2.05) is 0 Å². The third-order valence-corrected chi connectivity index (χ3v) is 3.27. The number of benzene rings is 1. The zero-order chi connectivity index (χ0) is 15.8. The quantitative estimate of drug-likeness (QED) is 0.435. The van der Waals surface area contributed by atoms with E-state index in [4.69, 9.17) is 4.74 Å². The molecular weight excluding hydrogens is 342 g/mol. The van der Waals surface area contributed by atoms with E-state index >= 15 is 0 Å². The van der Waals surface area contributed by atoms with Crippen LogP contribution >= 0.6 is 15.9 Å². The normalized spacial score (nSPS) is 10.2. The molecule has 7 nitrogen and oxygen atoms in total. The van der Waals surface area contributed by atoms with Crippen LogP contribution in [-0.2, 0) is 9.53 Å². The van der Waals surface area contributed by atoms with Gasteiger partial charge < -0.3 is 15.0 Å². The lowest BCUT2D eigenvalue weighted by atomic mass is 10.2. The van der Waals surface area contributed by atoms with Gasteiger partial charge in [-0.3, -0.25) is 14.9 Å². The summed E-state index contributed by atoms with van der Waals surface area (Å²) in [6, 6.07) is 4.73. The maximum absolute atomic E-state index is 11.8. The summed E-state index contributed by atoms with van der Waals surface area (Å²) in [5.41, 5.74) is 0.356. The van der Waals surface area contributed by atoms with Crippen LogP contribution in [0.25, 0.3) is 0 Å². The number of anilines is 1. The molecule has 1 aromatic rings. The van der Waals surface area contributed by atoms with Gasteiger partial charge in [-0.2, -0.15) is 0 Å². The highest BCUT2D eigenvalue weighted by atomic mass is 79.9. The first-order valence-electron chi connectivity index (χ1n) is 6.36. The van der Waals surface area contributed by atoms with Crippen LogP contribution in [0.4, 0.5) is 11.4 Å². The van der Waals surface area contributed by atoms with Gasteiger partial charge in [0.05, 0.1) is 11.5 Å². The van der Waals surface area contributed by atoms with Crippen molar-refractivity contribution in [3.63, 3.8) is 0 Å². The number of methoxy groups -OCH3 is 1. The van der Waals surface area contributed by atoms with Crippen molar-refractivity contribution in [2.45, 2.75) is 6.42 Å². The molecule has 21 heavy (non-hydrogen) atoms. The largest absolute Gasteiger partial charge is 0.385 e. The van der Waals surface area contributed by atoms with Gasteiger partial charge in [0.25, 0.3) is 5.69 Å². The minimum absolute atomic E-state index is 0.0425. The Morgan fingerprint density at radius 1 is 1.52 bits per heavy atom. The SMILES string of the molecule is COCCCNC(=O)CN(C)c1ccc(Br)cc1[N+](=O)[O-]. The number of hydrogen-bond donors (Lipinski definition) is 1. The van der Waals surface area contributed by atoms with Crippen molar-refractivity contribution in [2.75, 3.05) is 38.8 Å². The van der Waals surface area contributed by atoms with Crippen molar-refractivity contribution in [3.05, 3.63) is 32.8 Å². The number of rotatable bonds is 8. The number of carbonyl (C=O) groups is 1. The van der Waals surface area contributed by atoms with E-state index in [-0.39, 0.29) is 18.1 Å². The van der Waals surface area contributed by atoms with Gasteiger partial charge in [-0.05, 0) is 18.6 Å². The van der Waals surface area contributed by atoms with Crippen molar-refractivity contribution in [1.82, 2.24) is 5.32 Å². The first-order valence-corrected chi connectivity index (χ1v) is 7.15. The second-order valence-corrected chi connectivity index (χ2v) is 5.36. The third-order valence-electron chi connectivity index (χ3n) is 2.77. The lowest BCUT2D eigenvalue weighted by Gasteiger charge is -2.18. The summed E-state index contributed by atoms with van der Waals surface area (Å²) >= 11 is 3.20. The number of hydrogen-bond acceptors (Lipinski definition) is 5. The monoisotopic (exact) mass is 359 g/mol. The number of nitrogens with one attached hydrogen (secondary N) is 1. The van der Waals surface area contributed by atoms with E-state index < -0.39 is 4.92 Å². The molecule has 0 aliphatic rings. The molecule has 0 aliphatic heterocycles. The molecule has 1 N–H and O–H groups in total. The highest BCUT2D eigenvalue weighted by molar-refractivity contribution is 9.10. The van der Waals surface area contributed by atoms with E-state index in [0.717, 1.165) is 6.42 Å². The zero-order valence-corrected chi connectivity index (χ0v) is 13.6. The predicted molar refractivity (Wildman–Crippen MR) is 83.6 cm³/mol. The molecule has 116 valence electrons. The average molecular weight is 360 g/mol. The zero-order valence-electron chi connectivity index (χ0n) is 12.0. The fraction of sp³-hybridized carbons (Fsp3) is 0.462. The third kappa shape index (κ3) is 5.68. The smallest absolute Gasteiger partial charge is 0.293 e. The standard InChI is InChI=1S/C13H18BrN3O4/c1-16(9-13(18)15-6-3-7-21-2)11-5-4-10(14)8-12(11)17(19)20/h4-5,8H,3,6-7,9H2,1-2H3,(H,15,18). The summed E-state index contributed by atoms with van der Waals surface area (Å²) in [7, 11) is 3.24. The minimum atomic E-state index is -0.465. The maximum atomic E-state index is 11.8. The summed E-state index contributed by atoms with van der Waals surface area (Å²) in [6.07, 6.45) is 0.727. The first-order chi connectivity index (χ1) is 9.95. The van der Waals surface area contributed by atoms with E-state index in [2.05, 4.69) is 21.2 Å². The molecule has 0 aromatic heterocycles. The molecule has 0 radical (unpaired) electrons. The van der Waals surface area contributed by atoms with Crippen LogP contribution in [0.15, 0.2) is 22.7 Å². The number of amides is 1. The molecule has 0 spiro atoms. The van der Waals surface area contributed by atoms with Crippen LogP contribution in [0, 0.1) is 10.1 Å². The summed E-state index contributed by atoms with van der Waals surface area (Å²) in [6.45, 7) is 1.15. The molecule has 0 saturated heterocycles. The first kappa shape index (κ1) is 17.4. The van der Waals surface area contributed by atoms with Crippen LogP contribution in [0.1, 0.15) is 6.42 Å². The van der Waals surface area contributed by atoms with Crippen LogP contribution in [0.5, 0.6) is 0 Å². The lowest BCUT2D eigenvalue weighted by molar-refractivity contribution is -0.384. The second-order valence-electron chi connectivity index (χ2n) is 4.44. The molecule has 0 bridgehead atoms. The number of carbonyl (C=O) groups excluding carboxylic acids is 1. The van der Waals surface area contributed by atoms with E-state index in [1.54, 1.807) is 31.2 Å². The highest BCUT2D eigenvalue weighted by Gasteiger charge is 2.19. The number of halogens is 1. The number of nitro groups is 1. The van der Waals surface area contributed by atoms with Gasteiger partial charge >= 0.3 is 0 Å². The minimum Gasteiger partial charge on any atom is -0.385 e. The summed E-state index contributed by atoms with van der Waals surface area (Å²) < 4.78 is 5.51. The lowest BCUT2D eigenvalue weighted by Crippen LogP contribution is -2.36. The van der Waals surface area contributed by atoms with Gasteiger partial charge in [-0.1, -0.05) is 15.9 Å². The Bertz CT molecular complexity index is 510. The summed E-state index contributed by atoms with van der Waals surface area (Å²) in [5.74, 6) is -0.189. The fourth-order valence-corrected chi connectivity index (χ4v) is 2.12. The molecule has 0 heterocycles. The molecule has 0 aliphatic carbocycles. The van der Waals surface area contributed by atoms with Gasteiger partial charge in [-0.15, -0.1) is 0 Å². The molecule has 1 amide bonds. The molecular formula is C13H18BrN3O4. The number of likely N-dealkylation sites (N-methyl/N-ethyl adjacent to an activating group) is 1. The highest BCUT2D eigenvalue weighted by Crippen LogP contribution is 2.30. The Hall–Kier alpha value is -1.67. The van der Waals surface area contributed by atoms with E-state index in [9.17, 15) is 14.9 Å². The van der Waals surface area contributed by atoms with Gasteiger partial charge in [-0.25, -0.2) is 0 Å². The maximum Gasteiger partial charge on any atom is 0.293 e. The topological polar surface area (TPSA) is 84.7 Å². The van der Waals surface area contributed by atoms with Crippen molar-refractivity contribution >= 4 is 33.2 Å². The van der Waals surface area contributed by atoms with Crippen molar-refractivity contribution < 1.29 is 14.5 Å². The van der Waals surface area contributed by atoms with Crippen LogP contribution in [0.2, 0.25) is 0 Å². The van der Waals surface area contributed by atoms with Gasteiger partial charge in [0, 0.05) is 37.8 Å². The van der Waals surface area contributed by atoms with Crippen LogP contribution < -0.4 is 10.2 Å². The average Bonchev–Trinajstić information content (AvgIpc) is 2.43. The molecule has 0 unspecified atom stereocenters. The number of nitro benzene ring substituents is 1. The Morgan fingerprint density at radius 3 is 2.86 bits per heavy atom. The molecule has 8 heteroatoms. The molecule has 1 aromatic carbocycles. The fourth-order valence-electron chi connectivity index (χ4n) is 1.77. The molecule has 0 saturated carbocycles. The molecule has 0 atom stereocenters. The Balaban J connectivity index is 2.65. The van der Waals surface area contributed by atoms with Crippen molar-refractivity contribution in [1.29, 1.82) is 0 Å². The van der Waals surface area contributed by atoms with E-state index in [0.29, 0.717) is 23.3 Å². The second kappa shape index (κ2) is 8.58. The van der Waals surface area contributed by atoms with Gasteiger partial charge in [0.15, 0.2) is 0 Å². The number of ether oxygens (including phenoxy) is 1. The van der Waals surface area contributed by atoms with Gasteiger partial charge in [0.1, 0.15) is 5.69 Å². The van der Waals surface area contributed by atoms with E-state index in [1.165, 1.54) is 6.07 Å². The van der Waals surface area contributed by atoms with Gasteiger partial charge in [0.2, 0.25) is 5.91 Å². The van der Waals surface area contributed by atoms with Crippen molar-refractivity contribution in [2.24, 2.45) is 0 Å². The molecule has 1 rings (SSSR count). The van der Waals surface area contributed by atoms with Crippen molar-refractivity contribution in [3.8, 4) is 0 Å². The summed E-state index contributed by atoms with van der Waals surface area (Å²) in [4.78, 5) is 23.9. The number of nitrogens with zero attached hydrogens (tertiary/aromatic N) is 2.